The number of rotatable bonds is 3. The summed E-state index contributed by atoms with van der Waals surface area (Å²) in [6.07, 6.45) is 10.3. The summed E-state index contributed by atoms with van der Waals surface area (Å²) in [7, 11) is 0. The molecule has 2 rings (SSSR count). The number of aliphatic hydroxyl groups excluding tert-OH is 1. The quantitative estimate of drug-likeness (QED) is 0.340. The molecule has 2 heteroatoms. The lowest BCUT2D eigenvalue weighted by molar-refractivity contribution is 0.258. The predicted octanol–water partition coefficient (Wildman–Crippen LogP) is 7.58. The Labute approximate surface area is 154 Å². The third kappa shape index (κ3) is 10.6. The zero-order chi connectivity index (χ0) is 19.2. The first-order valence-corrected chi connectivity index (χ1v) is 9.18. The molecule has 1 nitrogen and oxygen atoms in total. The van der Waals surface area contributed by atoms with Gasteiger partial charge in [-0.3, -0.25) is 0 Å². The van der Waals surface area contributed by atoms with Crippen molar-refractivity contribution in [2.45, 2.75) is 59.3 Å². The van der Waals surface area contributed by atoms with Crippen LogP contribution in [0.3, 0.4) is 0 Å². The molecule has 1 aromatic rings. The Morgan fingerprint density at radius 2 is 1.68 bits per heavy atom. The van der Waals surface area contributed by atoms with Crippen molar-refractivity contribution in [2.24, 2.45) is 11.8 Å². The number of halogens is 1. The van der Waals surface area contributed by atoms with Crippen LogP contribution in [-0.4, -0.2) is 5.11 Å². The minimum absolute atomic E-state index is 0.0185. The van der Waals surface area contributed by atoms with E-state index in [0.29, 0.717) is 5.92 Å². The van der Waals surface area contributed by atoms with Gasteiger partial charge in [0.05, 0.1) is 0 Å². The van der Waals surface area contributed by atoms with E-state index in [1.54, 1.807) is 6.07 Å². The average Bonchev–Trinajstić information content (AvgIpc) is 2.62. The van der Waals surface area contributed by atoms with Gasteiger partial charge < -0.3 is 5.11 Å². The van der Waals surface area contributed by atoms with Crippen molar-refractivity contribution in [1.82, 2.24) is 0 Å². The summed E-state index contributed by atoms with van der Waals surface area (Å²) in [5.41, 5.74) is 1.20. The van der Waals surface area contributed by atoms with E-state index in [9.17, 15) is 4.39 Å². The van der Waals surface area contributed by atoms with Crippen molar-refractivity contribution >= 4 is 0 Å². The fourth-order valence-corrected chi connectivity index (χ4v) is 2.88. The van der Waals surface area contributed by atoms with Crippen LogP contribution in [0.25, 0.3) is 0 Å². The van der Waals surface area contributed by atoms with E-state index in [2.05, 4.69) is 33.1 Å². The van der Waals surface area contributed by atoms with Gasteiger partial charge in [0.15, 0.2) is 0 Å². The van der Waals surface area contributed by atoms with Crippen molar-refractivity contribution in [2.75, 3.05) is 0 Å². The minimum atomic E-state index is -0.0940. The van der Waals surface area contributed by atoms with Gasteiger partial charge in [-0.1, -0.05) is 51.3 Å². The Morgan fingerprint density at radius 1 is 1.16 bits per heavy atom. The van der Waals surface area contributed by atoms with Gasteiger partial charge in [-0.2, -0.15) is 0 Å². The molecule has 0 saturated heterocycles. The second kappa shape index (κ2) is 13.5. The fraction of sp³-hybridized carbons (Fsp3) is 0.478. The second-order valence-electron chi connectivity index (χ2n) is 6.77. The van der Waals surface area contributed by atoms with Gasteiger partial charge >= 0.3 is 0 Å². The lowest BCUT2D eigenvalue weighted by Gasteiger charge is -2.31. The molecule has 1 N–H and O–H groups in total. The van der Waals surface area contributed by atoms with Crippen LogP contribution in [0.2, 0.25) is 0 Å². The van der Waals surface area contributed by atoms with Crippen LogP contribution >= 0.6 is 0 Å². The third-order valence-electron chi connectivity index (χ3n) is 4.60. The Balaban J connectivity index is 0.000000536. The first-order chi connectivity index (χ1) is 11.8. The zero-order valence-corrected chi connectivity index (χ0v) is 16.3. The molecule has 0 unspecified atom stereocenters. The van der Waals surface area contributed by atoms with E-state index in [-0.39, 0.29) is 11.6 Å². The molecule has 1 aliphatic rings. The van der Waals surface area contributed by atoms with Crippen molar-refractivity contribution in [3.8, 4) is 0 Å². The van der Waals surface area contributed by atoms with E-state index >= 15 is 0 Å². The van der Waals surface area contributed by atoms with Crippen LogP contribution < -0.4 is 0 Å². The van der Waals surface area contributed by atoms with Crippen molar-refractivity contribution in [3.05, 3.63) is 72.8 Å². The standard InChI is InChI=1S/C15H21F.C4H6O.C4H8/c1-11(2)12-6-8-13(9-7-12)14-4-3-5-15(16)10-14;1-3-4(2)5;1-3-4-2/h3-5,10-13H,6-9H2,1-2H3;3,5H,1-2H2;3-4H,1-2H3/b;;4-3-. The monoisotopic (exact) mass is 346 g/mol. The zero-order valence-electron chi connectivity index (χ0n) is 16.3. The molecule has 1 fully saturated rings. The highest BCUT2D eigenvalue weighted by atomic mass is 19.1. The molecule has 0 atom stereocenters. The molecular formula is C23H35FO. The van der Waals surface area contributed by atoms with E-state index in [1.165, 1.54) is 43.4 Å². The second-order valence-corrected chi connectivity index (χ2v) is 6.77. The third-order valence-corrected chi connectivity index (χ3v) is 4.60. The summed E-state index contributed by atoms with van der Waals surface area (Å²) in [6.45, 7) is 14.9. The van der Waals surface area contributed by atoms with Crippen LogP contribution in [0.1, 0.15) is 64.9 Å². The summed E-state index contributed by atoms with van der Waals surface area (Å²) in [4.78, 5) is 0. The maximum Gasteiger partial charge on any atom is 0.123 e. The topological polar surface area (TPSA) is 20.2 Å². The summed E-state index contributed by atoms with van der Waals surface area (Å²) < 4.78 is 13.1. The molecule has 1 saturated carbocycles. The van der Waals surface area contributed by atoms with Gasteiger partial charge in [-0.25, -0.2) is 4.39 Å². The molecule has 0 amide bonds. The Bertz CT molecular complexity index is 519. The highest BCUT2D eigenvalue weighted by Gasteiger charge is 2.24. The highest BCUT2D eigenvalue weighted by Crippen LogP contribution is 2.38. The maximum absolute atomic E-state index is 13.1. The largest absolute Gasteiger partial charge is 0.509 e. The minimum Gasteiger partial charge on any atom is -0.509 e. The van der Waals surface area contributed by atoms with E-state index in [0.717, 1.165) is 11.8 Å². The van der Waals surface area contributed by atoms with E-state index in [4.69, 9.17) is 5.11 Å². The molecule has 1 aromatic carbocycles. The first-order valence-electron chi connectivity index (χ1n) is 9.18. The Morgan fingerprint density at radius 3 is 2.04 bits per heavy atom. The van der Waals surface area contributed by atoms with Gasteiger partial charge in [-0.15, -0.1) is 0 Å². The van der Waals surface area contributed by atoms with Gasteiger partial charge in [0.25, 0.3) is 0 Å². The van der Waals surface area contributed by atoms with Crippen molar-refractivity contribution in [3.63, 3.8) is 0 Å². The number of allylic oxidation sites excluding steroid dienone is 3. The summed E-state index contributed by atoms with van der Waals surface area (Å²) >= 11 is 0. The Hall–Kier alpha value is -1.83. The number of hydrogen-bond acceptors (Lipinski definition) is 1. The molecule has 0 radical (unpaired) electrons. The number of aliphatic hydroxyl groups is 1. The molecule has 140 valence electrons. The molecule has 0 bridgehead atoms. The molecule has 1 aliphatic carbocycles. The van der Waals surface area contributed by atoms with Crippen LogP contribution in [0.4, 0.5) is 4.39 Å². The summed E-state index contributed by atoms with van der Waals surface area (Å²) in [6, 6.07) is 7.15. The molecular weight excluding hydrogens is 311 g/mol. The van der Waals surface area contributed by atoms with Gasteiger partial charge in [0.2, 0.25) is 0 Å². The normalized spacial score (nSPS) is 19.4. The molecule has 0 heterocycles. The van der Waals surface area contributed by atoms with Crippen molar-refractivity contribution in [1.29, 1.82) is 0 Å². The predicted molar refractivity (Wildman–Crippen MR) is 108 cm³/mol. The van der Waals surface area contributed by atoms with Crippen LogP contribution in [0.15, 0.2) is 61.4 Å². The lowest BCUT2D eigenvalue weighted by Crippen LogP contribution is -2.17. The smallest absolute Gasteiger partial charge is 0.123 e. The summed E-state index contributed by atoms with van der Waals surface area (Å²) in [5, 5.41) is 8.05. The van der Waals surface area contributed by atoms with Crippen molar-refractivity contribution < 1.29 is 9.50 Å². The fourth-order valence-electron chi connectivity index (χ4n) is 2.88. The van der Waals surface area contributed by atoms with E-state index in [1.807, 2.05) is 32.1 Å². The maximum atomic E-state index is 13.1. The molecule has 25 heavy (non-hydrogen) atoms. The van der Waals surface area contributed by atoms with Gasteiger partial charge in [-0.05, 0) is 81.1 Å². The van der Waals surface area contributed by atoms with Crippen LogP contribution in [-0.2, 0) is 0 Å². The lowest BCUT2D eigenvalue weighted by atomic mass is 9.75. The summed E-state index contributed by atoms with van der Waals surface area (Å²) in [5.74, 6) is 2.19. The van der Waals surface area contributed by atoms with Crippen LogP contribution in [0.5, 0.6) is 0 Å². The average molecular weight is 347 g/mol. The molecule has 0 spiro atoms. The number of hydrogen-bond donors (Lipinski definition) is 1. The highest BCUT2D eigenvalue weighted by molar-refractivity contribution is 5.21. The molecule has 0 aromatic heterocycles. The number of benzene rings is 1. The van der Waals surface area contributed by atoms with Gasteiger partial charge in [0.1, 0.15) is 11.6 Å². The van der Waals surface area contributed by atoms with Gasteiger partial charge in [0, 0.05) is 0 Å². The molecule has 0 aliphatic heterocycles. The first kappa shape index (κ1) is 23.2. The van der Waals surface area contributed by atoms with E-state index < -0.39 is 0 Å². The SMILES string of the molecule is C/C=C\C.C=CC(=C)O.CC(C)C1CCC(c2cccc(F)c2)CC1. The van der Waals surface area contributed by atoms with Crippen LogP contribution in [0, 0.1) is 17.7 Å². The Kier molecular flexibility index (Phi) is 12.5.